The van der Waals surface area contributed by atoms with Crippen molar-refractivity contribution in [3.8, 4) is 0 Å². The highest BCUT2D eigenvalue weighted by molar-refractivity contribution is 5.73. The maximum Gasteiger partial charge on any atom is 0.490 e. The van der Waals surface area contributed by atoms with Gasteiger partial charge in [-0.25, -0.2) is 4.79 Å². The molecule has 1 aromatic rings. The van der Waals surface area contributed by atoms with Gasteiger partial charge in [0.1, 0.15) is 0 Å². The molecule has 1 aromatic heterocycles. The van der Waals surface area contributed by atoms with Gasteiger partial charge in [-0.3, -0.25) is 4.98 Å². The van der Waals surface area contributed by atoms with Crippen LogP contribution in [0.2, 0.25) is 0 Å². The molecule has 0 aliphatic heterocycles. The minimum Gasteiger partial charge on any atom is -0.475 e. The number of aryl methyl sites for hydroxylation is 1. The highest BCUT2D eigenvalue weighted by atomic mass is 19.4. The van der Waals surface area contributed by atoms with Crippen LogP contribution >= 0.6 is 0 Å². The largest absolute Gasteiger partial charge is 0.490 e. The lowest BCUT2D eigenvalue weighted by molar-refractivity contribution is -0.192. The molecule has 0 spiro atoms. The Labute approximate surface area is 94.7 Å². The lowest BCUT2D eigenvalue weighted by Gasteiger charge is -1.99. The van der Waals surface area contributed by atoms with E-state index in [4.69, 9.17) is 9.90 Å². The Morgan fingerprint density at radius 2 is 2.06 bits per heavy atom. The van der Waals surface area contributed by atoms with Crippen molar-refractivity contribution in [1.82, 2.24) is 4.98 Å². The van der Waals surface area contributed by atoms with Crippen molar-refractivity contribution in [3.63, 3.8) is 0 Å². The van der Waals surface area contributed by atoms with E-state index in [9.17, 15) is 18.3 Å². The number of hydrogen-bond donors (Lipinski definition) is 2. The van der Waals surface area contributed by atoms with E-state index in [-0.39, 0.29) is 6.10 Å². The fraction of sp³-hybridized carbons (Fsp3) is 0.400. The molecule has 0 fully saturated rings. The number of nitrogens with zero attached hydrogens (tertiary/aromatic N) is 1. The average Bonchev–Trinajstić information content (AvgIpc) is 2.61. The summed E-state index contributed by atoms with van der Waals surface area (Å²) in [5.41, 5.74) is 2.08. The molecule has 1 aliphatic rings. The number of pyridine rings is 1. The van der Waals surface area contributed by atoms with Crippen LogP contribution < -0.4 is 0 Å². The second-order valence-corrected chi connectivity index (χ2v) is 3.41. The minimum atomic E-state index is -5.08. The Morgan fingerprint density at radius 1 is 1.47 bits per heavy atom. The van der Waals surface area contributed by atoms with E-state index < -0.39 is 12.1 Å². The van der Waals surface area contributed by atoms with Crippen LogP contribution in [0.5, 0.6) is 0 Å². The van der Waals surface area contributed by atoms with Crippen LogP contribution in [0, 0.1) is 0 Å². The lowest BCUT2D eigenvalue weighted by atomic mass is 10.2. The van der Waals surface area contributed by atoms with E-state index in [0.29, 0.717) is 0 Å². The van der Waals surface area contributed by atoms with Crippen molar-refractivity contribution in [2.75, 3.05) is 0 Å². The normalized spacial score (nSPS) is 18.0. The van der Waals surface area contributed by atoms with Gasteiger partial charge in [-0.1, -0.05) is 6.07 Å². The van der Waals surface area contributed by atoms with E-state index in [0.717, 1.165) is 18.5 Å². The van der Waals surface area contributed by atoms with Crippen molar-refractivity contribution >= 4 is 5.97 Å². The lowest BCUT2D eigenvalue weighted by Crippen LogP contribution is -2.21. The predicted molar refractivity (Wildman–Crippen MR) is 51.2 cm³/mol. The molecule has 0 amide bonds. The first-order valence-corrected chi connectivity index (χ1v) is 4.74. The summed E-state index contributed by atoms with van der Waals surface area (Å²) in [5.74, 6) is -2.76. The molecule has 0 saturated carbocycles. The Kier molecular flexibility index (Phi) is 4.06. The summed E-state index contributed by atoms with van der Waals surface area (Å²) in [6.45, 7) is 0. The Bertz CT molecular complexity index is 406. The summed E-state index contributed by atoms with van der Waals surface area (Å²) >= 11 is 0. The second kappa shape index (κ2) is 5.13. The van der Waals surface area contributed by atoms with Crippen molar-refractivity contribution in [2.24, 2.45) is 0 Å². The fourth-order valence-corrected chi connectivity index (χ4v) is 1.39. The van der Waals surface area contributed by atoms with Gasteiger partial charge in [-0.05, 0) is 24.5 Å². The van der Waals surface area contributed by atoms with Crippen molar-refractivity contribution in [1.29, 1.82) is 0 Å². The van der Waals surface area contributed by atoms with E-state index >= 15 is 0 Å². The standard InChI is InChI=1S/C8H9NO.C2HF3O2/c10-7-4-3-6-2-1-5-9-8(6)7;3-2(4,5)1(6)7/h1-2,5,7,10H,3-4H2;(H,6,7). The Hall–Kier alpha value is -1.63. The van der Waals surface area contributed by atoms with Crippen LogP contribution in [-0.2, 0) is 11.2 Å². The molecule has 1 aliphatic carbocycles. The second-order valence-electron chi connectivity index (χ2n) is 3.41. The first-order chi connectivity index (χ1) is 7.82. The highest BCUT2D eigenvalue weighted by Gasteiger charge is 2.38. The summed E-state index contributed by atoms with van der Waals surface area (Å²) in [7, 11) is 0. The molecule has 0 bridgehead atoms. The van der Waals surface area contributed by atoms with Crippen LogP contribution in [0.25, 0.3) is 0 Å². The third kappa shape index (κ3) is 3.70. The van der Waals surface area contributed by atoms with E-state index in [1.165, 1.54) is 5.56 Å². The van der Waals surface area contributed by atoms with Crippen molar-refractivity contribution in [2.45, 2.75) is 25.1 Å². The number of aliphatic carboxylic acids is 1. The SMILES string of the molecule is O=C(O)C(F)(F)F.OC1CCc2cccnc21. The summed E-state index contributed by atoms with van der Waals surface area (Å²) in [6.07, 6.45) is -1.85. The Morgan fingerprint density at radius 3 is 2.53 bits per heavy atom. The molecule has 4 nitrogen and oxygen atoms in total. The van der Waals surface area contributed by atoms with Crippen LogP contribution in [0.4, 0.5) is 13.2 Å². The number of rotatable bonds is 0. The molecule has 0 radical (unpaired) electrons. The average molecular weight is 249 g/mol. The number of alkyl halides is 3. The molecule has 0 aromatic carbocycles. The maximum absolute atomic E-state index is 10.6. The first-order valence-electron chi connectivity index (χ1n) is 4.74. The monoisotopic (exact) mass is 249 g/mol. The van der Waals surface area contributed by atoms with Crippen molar-refractivity contribution < 1.29 is 28.2 Å². The van der Waals surface area contributed by atoms with Gasteiger partial charge in [0.2, 0.25) is 0 Å². The third-order valence-corrected chi connectivity index (χ3v) is 2.17. The molecule has 1 heterocycles. The van der Waals surface area contributed by atoms with Gasteiger partial charge in [-0.2, -0.15) is 13.2 Å². The number of halogens is 3. The number of fused-ring (bicyclic) bond motifs is 1. The number of hydrogen-bond acceptors (Lipinski definition) is 3. The molecule has 7 heteroatoms. The van der Waals surface area contributed by atoms with Crippen LogP contribution in [0.3, 0.4) is 0 Å². The maximum atomic E-state index is 10.6. The third-order valence-electron chi connectivity index (χ3n) is 2.17. The number of aromatic nitrogens is 1. The predicted octanol–water partition coefficient (Wildman–Crippen LogP) is 1.69. The van der Waals surface area contributed by atoms with E-state index in [1.54, 1.807) is 6.20 Å². The summed E-state index contributed by atoms with van der Waals surface area (Å²) in [5, 5.41) is 16.4. The molecule has 2 N–H and O–H groups in total. The van der Waals surface area contributed by atoms with Crippen LogP contribution in [0.1, 0.15) is 23.8 Å². The molecule has 94 valence electrons. The quantitative estimate of drug-likeness (QED) is 0.734. The van der Waals surface area contributed by atoms with Crippen LogP contribution in [-0.4, -0.2) is 27.3 Å². The first kappa shape index (κ1) is 13.4. The van der Waals surface area contributed by atoms with Gasteiger partial charge >= 0.3 is 12.1 Å². The zero-order valence-corrected chi connectivity index (χ0v) is 8.61. The Balaban J connectivity index is 0.000000185. The number of carboxylic acids is 1. The molecule has 1 unspecified atom stereocenters. The number of aliphatic hydroxyl groups excluding tert-OH is 1. The van der Waals surface area contributed by atoms with E-state index in [2.05, 4.69) is 4.98 Å². The minimum absolute atomic E-state index is 0.309. The topological polar surface area (TPSA) is 70.4 Å². The van der Waals surface area contributed by atoms with Gasteiger partial charge in [-0.15, -0.1) is 0 Å². The molecule has 1 atom stereocenters. The van der Waals surface area contributed by atoms with E-state index in [1.807, 2.05) is 12.1 Å². The summed E-state index contributed by atoms with van der Waals surface area (Å²) in [4.78, 5) is 13.0. The molecule has 2 rings (SSSR count). The van der Waals surface area contributed by atoms with Gasteiger partial charge in [0.25, 0.3) is 0 Å². The summed E-state index contributed by atoms with van der Waals surface area (Å²) in [6, 6.07) is 3.94. The van der Waals surface area contributed by atoms with Gasteiger partial charge in [0, 0.05) is 6.20 Å². The zero-order chi connectivity index (χ0) is 13.1. The highest BCUT2D eigenvalue weighted by Crippen LogP contribution is 2.27. The van der Waals surface area contributed by atoms with Gasteiger partial charge in [0.15, 0.2) is 0 Å². The molecule has 17 heavy (non-hydrogen) atoms. The smallest absolute Gasteiger partial charge is 0.475 e. The van der Waals surface area contributed by atoms with Crippen LogP contribution in [0.15, 0.2) is 18.3 Å². The van der Waals surface area contributed by atoms with Gasteiger partial charge in [0.05, 0.1) is 11.8 Å². The van der Waals surface area contributed by atoms with Gasteiger partial charge < -0.3 is 10.2 Å². The summed E-state index contributed by atoms with van der Waals surface area (Å²) < 4.78 is 31.7. The molecular formula is C10H10F3NO3. The van der Waals surface area contributed by atoms with Crippen molar-refractivity contribution in [3.05, 3.63) is 29.6 Å². The number of carboxylic acid groups (broad SMARTS) is 1. The zero-order valence-electron chi connectivity index (χ0n) is 8.61. The molecule has 0 saturated heterocycles. The number of aliphatic hydroxyl groups is 1. The molecular weight excluding hydrogens is 239 g/mol. The fourth-order valence-electron chi connectivity index (χ4n) is 1.39. The number of carbonyl (C=O) groups is 1.